The minimum absolute atomic E-state index is 0.0459. The summed E-state index contributed by atoms with van der Waals surface area (Å²) >= 11 is 2.04. The molecule has 7 heteroatoms. The fourth-order valence-electron chi connectivity index (χ4n) is 1.93. The lowest BCUT2D eigenvalue weighted by Crippen LogP contribution is -2.51. The molecule has 0 spiro atoms. The molecule has 2 atom stereocenters. The number of carbonyl (C=O) groups excluding carboxylic acids is 1. The molecular formula is C17H27BrN2O3S. The number of carbonyl (C=O) groups is 1. The Labute approximate surface area is 156 Å². The van der Waals surface area contributed by atoms with E-state index in [0.717, 1.165) is 10.0 Å². The van der Waals surface area contributed by atoms with E-state index < -0.39 is 27.2 Å². The summed E-state index contributed by atoms with van der Waals surface area (Å²) in [4.78, 5) is 16.5. The Balaban J connectivity index is 3.14. The van der Waals surface area contributed by atoms with Crippen molar-refractivity contribution in [3.8, 4) is 0 Å². The molecule has 0 radical (unpaired) electrons. The summed E-state index contributed by atoms with van der Waals surface area (Å²) in [6.07, 6.45) is 3.38. The molecule has 0 saturated heterocycles. The van der Waals surface area contributed by atoms with Crippen LogP contribution in [0.3, 0.4) is 0 Å². The smallest absolute Gasteiger partial charge is 0.308 e. The molecule has 1 aromatic rings. The summed E-state index contributed by atoms with van der Waals surface area (Å²) in [5, 5.41) is 0. The number of halogens is 1. The maximum Gasteiger partial charge on any atom is 0.308 e. The molecule has 0 aromatic carbocycles. The average molecular weight is 419 g/mol. The van der Waals surface area contributed by atoms with Gasteiger partial charge < -0.3 is 9.29 Å². The maximum atomic E-state index is 12.6. The van der Waals surface area contributed by atoms with Crippen molar-refractivity contribution in [1.29, 1.82) is 0 Å². The normalized spacial score (nSPS) is 16.4. The van der Waals surface area contributed by atoms with Gasteiger partial charge in [0.15, 0.2) is 0 Å². The first-order chi connectivity index (χ1) is 10.7. The van der Waals surface area contributed by atoms with Gasteiger partial charge in [0.25, 0.3) is 0 Å². The van der Waals surface area contributed by atoms with Gasteiger partial charge in [-0.1, -0.05) is 0 Å². The van der Waals surface area contributed by atoms with Crippen LogP contribution in [0.5, 0.6) is 0 Å². The lowest BCUT2D eigenvalue weighted by molar-refractivity contribution is -0.156. The molecule has 0 aliphatic heterocycles. The lowest BCUT2D eigenvalue weighted by atomic mass is 9.91. The zero-order valence-electron chi connectivity index (χ0n) is 15.4. The number of nitrogens with one attached hydrogen (secondary N) is 1. The third-order valence-electron chi connectivity index (χ3n) is 3.13. The number of hydrogen-bond donors (Lipinski definition) is 1. The fraction of sp³-hybridized carbons (Fsp3) is 0.647. The highest BCUT2D eigenvalue weighted by Crippen LogP contribution is 2.30. The van der Waals surface area contributed by atoms with Crippen LogP contribution < -0.4 is 4.72 Å². The van der Waals surface area contributed by atoms with E-state index in [1.165, 1.54) is 0 Å². The first kappa shape index (κ1) is 21.4. The van der Waals surface area contributed by atoms with E-state index >= 15 is 0 Å². The molecule has 0 aliphatic rings. The fourth-order valence-corrected chi connectivity index (χ4v) is 3.20. The van der Waals surface area contributed by atoms with Crippen molar-refractivity contribution in [1.82, 2.24) is 9.71 Å². The van der Waals surface area contributed by atoms with Crippen molar-refractivity contribution in [2.45, 2.75) is 70.8 Å². The van der Waals surface area contributed by atoms with E-state index in [1.807, 2.05) is 54.5 Å². The molecule has 136 valence electrons. The highest BCUT2D eigenvalue weighted by molar-refractivity contribution is 9.10. The van der Waals surface area contributed by atoms with Gasteiger partial charge in [0.05, 0.1) is 12.0 Å². The van der Waals surface area contributed by atoms with Gasteiger partial charge in [-0.3, -0.25) is 9.78 Å². The predicted octanol–water partition coefficient (Wildman–Crippen LogP) is 3.84. The molecule has 1 heterocycles. The van der Waals surface area contributed by atoms with Crippen LogP contribution in [0.4, 0.5) is 0 Å². The Morgan fingerprint density at radius 2 is 1.83 bits per heavy atom. The quantitative estimate of drug-likeness (QED) is 0.580. The third-order valence-corrected chi connectivity index (χ3v) is 5.32. The molecule has 1 aromatic heterocycles. The number of pyridine rings is 1. The van der Waals surface area contributed by atoms with E-state index in [4.69, 9.17) is 4.74 Å². The minimum atomic E-state index is -1.35. The van der Waals surface area contributed by atoms with Crippen molar-refractivity contribution >= 4 is 33.3 Å². The number of aromatic nitrogens is 1. The summed E-state index contributed by atoms with van der Waals surface area (Å²) in [6, 6.07) is 1.87. The minimum Gasteiger partial charge on any atom is -0.598 e. The zero-order chi connectivity index (χ0) is 18.8. The topological polar surface area (TPSA) is 74.3 Å². The number of rotatable bonds is 5. The second-order valence-electron chi connectivity index (χ2n) is 7.97. The monoisotopic (exact) mass is 418 g/mol. The number of esters is 1. The third kappa shape index (κ3) is 6.70. The van der Waals surface area contributed by atoms with Crippen molar-refractivity contribution < 1.29 is 14.1 Å². The van der Waals surface area contributed by atoms with E-state index in [2.05, 4.69) is 25.6 Å². The van der Waals surface area contributed by atoms with E-state index in [0.29, 0.717) is 0 Å². The highest BCUT2D eigenvalue weighted by Gasteiger charge is 2.40. The lowest BCUT2D eigenvalue weighted by Gasteiger charge is -2.35. The van der Waals surface area contributed by atoms with Crippen molar-refractivity contribution in [2.24, 2.45) is 0 Å². The Bertz CT molecular complexity index is 584. The van der Waals surface area contributed by atoms with Gasteiger partial charge in [-0.05, 0) is 76.0 Å². The van der Waals surface area contributed by atoms with Crippen molar-refractivity contribution in [3.05, 3.63) is 28.5 Å². The van der Waals surface area contributed by atoms with Crippen LogP contribution in [0.15, 0.2) is 22.9 Å². The summed E-state index contributed by atoms with van der Waals surface area (Å²) in [7, 11) is 0. The molecular weight excluding hydrogens is 392 g/mol. The Morgan fingerprint density at radius 3 is 2.29 bits per heavy atom. The summed E-state index contributed by atoms with van der Waals surface area (Å²) in [5.74, 6) is -0.358. The van der Waals surface area contributed by atoms with Crippen LogP contribution in [0.1, 0.15) is 60.5 Å². The second-order valence-corrected chi connectivity index (χ2v) is 10.9. The van der Waals surface area contributed by atoms with Crippen molar-refractivity contribution in [3.63, 3.8) is 0 Å². The molecule has 1 N–H and O–H groups in total. The summed E-state index contributed by atoms with van der Waals surface area (Å²) in [6.45, 7) is 12.9. The van der Waals surface area contributed by atoms with Gasteiger partial charge in [0.1, 0.15) is 10.3 Å². The van der Waals surface area contributed by atoms with Crippen LogP contribution in [0, 0.1) is 0 Å². The van der Waals surface area contributed by atoms with Gasteiger partial charge >= 0.3 is 5.97 Å². The van der Waals surface area contributed by atoms with Gasteiger partial charge in [0, 0.05) is 28.2 Å². The van der Waals surface area contributed by atoms with Crippen molar-refractivity contribution in [2.75, 3.05) is 0 Å². The average Bonchev–Trinajstić information content (AvgIpc) is 2.34. The molecule has 0 fully saturated rings. The standard InChI is InChI=1S/C17H27BrN2O3S/c1-15(2,3)23-14(21)9-17(7,20-24(22)16(4,5)6)12-8-13(18)11-19-10-12/h8,10-11,20H,9H2,1-7H3/t17-,24+/m0/s1. The van der Waals surface area contributed by atoms with Crippen LogP contribution in [-0.2, 0) is 26.4 Å². The first-order valence-electron chi connectivity index (χ1n) is 7.75. The molecule has 0 amide bonds. The SMILES string of the molecule is CC(C)(C)OC(=O)C[C@](C)(N[S@+]([O-])C(C)(C)C)c1cncc(Br)c1. The van der Waals surface area contributed by atoms with E-state index in [1.54, 1.807) is 12.4 Å². The Morgan fingerprint density at radius 1 is 1.25 bits per heavy atom. The van der Waals surface area contributed by atoms with E-state index in [-0.39, 0.29) is 12.4 Å². The van der Waals surface area contributed by atoms with Gasteiger partial charge in [-0.15, -0.1) is 4.72 Å². The Kier molecular flexibility index (Phi) is 6.89. The number of hydrogen-bond acceptors (Lipinski definition) is 5. The molecule has 0 unspecified atom stereocenters. The zero-order valence-corrected chi connectivity index (χ0v) is 17.8. The molecule has 0 bridgehead atoms. The number of nitrogens with zero attached hydrogens (tertiary/aromatic N) is 1. The van der Waals surface area contributed by atoms with Crippen LogP contribution in [-0.4, -0.2) is 25.9 Å². The molecule has 0 aliphatic carbocycles. The molecule has 0 saturated carbocycles. The number of ether oxygens (including phenoxy) is 1. The summed E-state index contributed by atoms with van der Waals surface area (Å²) < 4.78 is 21.5. The molecule has 1 rings (SSSR count). The summed E-state index contributed by atoms with van der Waals surface area (Å²) in [5.41, 5.74) is -0.672. The van der Waals surface area contributed by atoms with Gasteiger partial charge in [-0.2, -0.15) is 0 Å². The molecule has 5 nitrogen and oxygen atoms in total. The van der Waals surface area contributed by atoms with Gasteiger partial charge in [-0.25, -0.2) is 0 Å². The second kappa shape index (κ2) is 7.72. The van der Waals surface area contributed by atoms with Gasteiger partial charge in [0.2, 0.25) is 0 Å². The maximum absolute atomic E-state index is 12.6. The predicted molar refractivity (Wildman–Crippen MR) is 101 cm³/mol. The molecule has 24 heavy (non-hydrogen) atoms. The van der Waals surface area contributed by atoms with E-state index in [9.17, 15) is 9.35 Å². The largest absolute Gasteiger partial charge is 0.598 e. The Hall–Kier alpha value is -0.630. The first-order valence-corrected chi connectivity index (χ1v) is 9.70. The highest BCUT2D eigenvalue weighted by atomic mass is 79.9. The van der Waals surface area contributed by atoms with Crippen LogP contribution in [0.2, 0.25) is 0 Å². The van der Waals surface area contributed by atoms with Crippen LogP contribution in [0.25, 0.3) is 0 Å². The van der Waals surface area contributed by atoms with Crippen LogP contribution >= 0.6 is 15.9 Å².